The lowest BCUT2D eigenvalue weighted by molar-refractivity contribution is -0.131. The first-order valence-electron chi connectivity index (χ1n) is 10.5. The van der Waals surface area contributed by atoms with Crippen LogP contribution in [0.25, 0.3) is 10.2 Å². The SMILES string of the molecule is C#CCn1c(=NC(=O)CS(=O)(=O)CC(=O)N2CCCCC2C)sc2cc(OCC)ccc21. The molecule has 0 spiro atoms. The minimum absolute atomic E-state index is 0.00897. The van der Waals surface area contributed by atoms with Gasteiger partial charge in [0, 0.05) is 12.6 Å². The van der Waals surface area contributed by atoms with Crippen LogP contribution in [-0.2, 0) is 26.0 Å². The molecule has 172 valence electrons. The van der Waals surface area contributed by atoms with Gasteiger partial charge in [-0.1, -0.05) is 17.3 Å². The second kappa shape index (κ2) is 10.3. The fourth-order valence-corrected chi connectivity index (χ4v) is 5.92. The van der Waals surface area contributed by atoms with Crippen molar-refractivity contribution in [2.24, 2.45) is 4.99 Å². The second-order valence-corrected chi connectivity index (χ2v) is 10.8. The number of hydrogen-bond donors (Lipinski definition) is 0. The van der Waals surface area contributed by atoms with Crippen LogP contribution in [-0.4, -0.2) is 60.4 Å². The summed E-state index contributed by atoms with van der Waals surface area (Å²) in [5, 5.41) is 0. The molecule has 0 N–H and O–H groups in total. The summed E-state index contributed by atoms with van der Waals surface area (Å²) in [6.07, 6.45) is 8.20. The Hall–Kier alpha value is -2.64. The van der Waals surface area contributed by atoms with Crippen molar-refractivity contribution in [1.29, 1.82) is 0 Å². The Balaban J connectivity index is 1.81. The molecule has 0 radical (unpaired) electrons. The third-order valence-electron chi connectivity index (χ3n) is 5.25. The highest BCUT2D eigenvalue weighted by Gasteiger charge is 2.28. The van der Waals surface area contributed by atoms with E-state index in [1.807, 2.05) is 26.0 Å². The number of carbonyl (C=O) groups excluding carboxylic acids is 2. The Bertz CT molecular complexity index is 1220. The maximum atomic E-state index is 12.5. The van der Waals surface area contributed by atoms with Gasteiger partial charge < -0.3 is 14.2 Å². The lowest BCUT2D eigenvalue weighted by Crippen LogP contribution is -2.45. The Morgan fingerprint density at radius 1 is 1.31 bits per heavy atom. The second-order valence-electron chi connectivity index (χ2n) is 7.71. The molecule has 0 aliphatic carbocycles. The number of ether oxygens (including phenoxy) is 1. The Labute approximate surface area is 191 Å². The minimum Gasteiger partial charge on any atom is -0.494 e. The molecule has 1 aliphatic heterocycles. The molecule has 0 bridgehead atoms. The van der Waals surface area contributed by atoms with Gasteiger partial charge in [0.25, 0.3) is 5.91 Å². The van der Waals surface area contributed by atoms with Crippen molar-refractivity contribution in [3.05, 3.63) is 23.0 Å². The first-order chi connectivity index (χ1) is 15.2. The number of carbonyl (C=O) groups is 2. The predicted molar refractivity (Wildman–Crippen MR) is 124 cm³/mol. The summed E-state index contributed by atoms with van der Waals surface area (Å²) in [7, 11) is -3.94. The van der Waals surface area contributed by atoms with Crippen molar-refractivity contribution >= 4 is 43.2 Å². The molecule has 32 heavy (non-hydrogen) atoms. The van der Waals surface area contributed by atoms with E-state index < -0.39 is 33.2 Å². The maximum Gasteiger partial charge on any atom is 0.263 e. The fourth-order valence-electron chi connectivity index (χ4n) is 3.76. The van der Waals surface area contributed by atoms with E-state index in [9.17, 15) is 18.0 Å². The van der Waals surface area contributed by atoms with Crippen LogP contribution in [0, 0.1) is 12.3 Å². The van der Waals surface area contributed by atoms with Crippen LogP contribution in [0.15, 0.2) is 23.2 Å². The Morgan fingerprint density at radius 2 is 2.09 bits per heavy atom. The van der Waals surface area contributed by atoms with Crippen molar-refractivity contribution in [1.82, 2.24) is 9.47 Å². The van der Waals surface area contributed by atoms with Crippen molar-refractivity contribution in [3.8, 4) is 18.1 Å². The smallest absolute Gasteiger partial charge is 0.263 e. The number of fused-ring (bicyclic) bond motifs is 1. The van der Waals surface area contributed by atoms with Crippen LogP contribution in [0.3, 0.4) is 0 Å². The zero-order valence-electron chi connectivity index (χ0n) is 18.2. The van der Waals surface area contributed by atoms with Gasteiger partial charge >= 0.3 is 0 Å². The van der Waals surface area contributed by atoms with Crippen molar-refractivity contribution in [2.45, 2.75) is 45.7 Å². The van der Waals surface area contributed by atoms with Gasteiger partial charge in [-0.3, -0.25) is 9.59 Å². The molecule has 2 heterocycles. The highest BCUT2D eigenvalue weighted by Crippen LogP contribution is 2.23. The topological polar surface area (TPSA) is 98.0 Å². The molecule has 8 nitrogen and oxygen atoms in total. The van der Waals surface area contributed by atoms with Gasteiger partial charge in [-0.2, -0.15) is 4.99 Å². The largest absolute Gasteiger partial charge is 0.494 e. The molecule has 1 aliphatic rings. The standard InChI is InChI=1S/C22H27N3O5S2/c1-4-11-25-18-10-9-17(30-5-2)13-19(18)31-22(25)23-20(26)14-32(28,29)15-21(27)24-12-7-6-8-16(24)3/h1,9-10,13,16H,5-8,11-12,14-15H2,2-3H3. The lowest BCUT2D eigenvalue weighted by atomic mass is 10.0. The molecule has 1 unspecified atom stereocenters. The molecular formula is C22H27N3O5S2. The summed E-state index contributed by atoms with van der Waals surface area (Å²) in [6.45, 7) is 5.04. The summed E-state index contributed by atoms with van der Waals surface area (Å²) in [5.41, 5.74) is 0.778. The molecule has 1 fully saturated rings. The average Bonchev–Trinajstić information content (AvgIpc) is 3.04. The molecule has 10 heteroatoms. The molecule has 0 saturated carbocycles. The van der Waals surface area contributed by atoms with Crippen molar-refractivity contribution < 1.29 is 22.7 Å². The monoisotopic (exact) mass is 477 g/mol. The van der Waals surface area contributed by atoms with Gasteiger partial charge in [-0.05, 0) is 51.3 Å². The van der Waals surface area contributed by atoms with E-state index >= 15 is 0 Å². The average molecular weight is 478 g/mol. The van der Waals surface area contributed by atoms with Crippen LogP contribution in [0.5, 0.6) is 5.75 Å². The van der Waals surface area contributed by atoms with Crippen LogP contribution in [0.2, 0.25) is 0 Å². The summed E-state index contributed by atoms with van der Waals surface area (Å²) < 4.78 is 33.0. The molecule has 2 aromatic rings. The van der Waals surface area contributed by atoms with E-state index in [0.29, 0.717) is 23.7 Å². The van der Waals surface area contributed by atoms with Crippen LogP contribution < -0.4 is 9.54 Å². The number of hydrogen-bond acceptors (Lipinski definition) is 6. The number of likely N-dealkylation sites (tertiary alicyclic amines) is 1. The van der Waals surface area contributed by atoms with Gasteiger partial charge in [-0.25, -0.2) is 8.42 Å². The number of rotatable bonds is 7. The van der Waals surface area contributed by atoms with E-state index in [-0.39, 0.29) is 12.6 Å². The Morgan fingerprint density at radius 3 is 2.78 bits per heavy atom. The highest BCUT2D eigenvalue weighted by molar-refractivity contribution is 7.92. The quantitative estimate of drug-likeness (QED) is 0.568. The number of aromatic nitrogens is 1. The van der Waals surface area contributed by atoms with E-state index in [0.717, 1.165) is 29.5 Å². The first-order valence-corrected chi connectivity index (χ1v) is 13.1. The number of sulfone groups is 1. The van der Waals surface area contributed by atoms with Gasteiger partial charge in [0.15, 0.2) is 14.6 Å². The predicted octanol–water partition coefficient (Wildman–Crippen LogP) is 1.98. The van der Waals surface area contributed by atoms with Crippen LogP contribution >= 0.6 is 11.3 Å². The third-order valence-corrected chi connectivity index (χ3v) is 7.66. The number of nitrogens with zero attached hydrogens (tertiary/aromatic N) is 3. The number of piperidine rings is 1. The minimum atomic E-state index is -3.94. The molecule has 2 amide bonds. The molecule has 1 aromatic carbocycles. The van der Waals surface area contributed by atoms with E-state index in [4.69, 9.17) is 11.2 Å². The molecule has 3 rings (SSSR count). The number of terminal acetylenes is 1. The lowest BCUT2D eigenvalue weighted by Gasteiger charge is -2.33. The summed E-state index contributed by atoms with van der Waals surface area (Å²) in [4.78, 5) is 30.9. The summed E-state index contributed by atoms with van der Waals surface area (Å²) in [5.74, 6) is 0.411. The number of amides is 2. The number of thiazole rings is 1. The maximum absolute atomic E-state index is 12.5. The van der Waals surface area contributed by atoms with Gasteiger partial charge in [0.1, 0.15) is 17.3 Å². The first kappa shape index (κ1) is 24.0. The summed E-state index contributed by atoms with van der Waals surface area (Å²) >= 11 is 1.23. The van der Waals surface area contributed by atoms with Crippen LogP contribution in [0.4, 0.5) is 0 Å². The zero-order chi connectivity index (χ0) is 23.3. The molecular weight excluding hydrogens is 450 g/mol. The van der Waals surface area contributed by atoms with Crippen molar-refractivity contribution in [2.75, 3.05) is 24.7 Å². The van der Waals surface area contributed by atoms with E-state index in [1.165, 1.54) is 11.3 Å². The third kappa shape index (κ3) is 5.78. The van der Waals surface area contributed by atoms with Crippen molar-refractivity contribution in [3.63, 3.8) is 0 Å². The van der Waals surface area contributed by atoms with Gasteiger partial charge in [0.2, 0.25) is 5.91 Å². The summed E-state index contributed by atoms with van der Waals surface area (Å²) in [6, 6.07) is 5.46. The van der Waals surface area contributed by atoms with Crippen LogP contribution in [0.1, 0.15) is 33.1 Å². The van der Waals surface area contributed by atoms with Gasteiger partial charge in [0.05, 0.1) is 23.4 Å². The molecule has 1 atom stereocenters. The molecule has 1 saturated heterocycles. The molecule has 1 aromatic heterocycles. The highest BCUT2D eigenvalue weighted by atomic mass is 32.2. The normalized spacial score (nSPS) is 17.3. The van der Waals surface area contributed by atoms with E-state index in [2.05, 4.69) is 10.9 Å². The zero-order valence-corrected chi connectivity index (χ0v) is 19.9. The van der Waals surface area contributed by atoms with E-state index in [1.54, 1.807) is 15.5 Å². The fraction of sp³-hybridized carbons (Fsp3) is 0.500. The Kier molecular flexibility index (Phi) is 7.74. The van der Waals surface area contributed by atoms with Gasteiger partial charge in [-0.15, -0.1) is 6.42 Å². The number of benzene rings is 1.